The van der Waals surface area contributed by atoms with Crippen molar-refractivity contribution in [1.82, 2.24) is 4.90 Å². The molecule has 1 aromatic rings. The summed E-state index contributed by atoms with van der Waals surface area (Å²) in [5, 5.41) is 0. The lowest BCUT2D eigenvalue weighted by Crippen LogP contribution is -2.37. The Hall–Kier alpha value is -2.28. The summed E-state index contributed by atoms with van der Waals surface area (Å²) in [6.45, 7) is 6.04. The SMILES string of the molecule is C#CC(=O)CCN(Cc1ccccc1)C(=O)OC(C)(C)C. The Balaban J connectivity index is 2.76. The first kappa shape index (κ1) is 16.8. The van der Waals surface area contributed by atoms with Crippen LogP contribution in [0.25, 0.3) is 0 Å². The maximum absolute atomic E-state index is 12.2. The van der Waals surface area contributed by atoms with Crippen LogP contribution >= 0.6 is 0 Å². The number of ether oxygens (including phenoxy) is 1. The maximum atomic E-state index is 12.2. The third-order valence-corrected chi connectivity index (χ3v) is 2.64. The van der Waals surface area contributed by atoms with Crippen LogP contribution < -0.4 is 0 Å². The van der Waals surface area contributed by atoms with Crippen molar-refractivity contribution in [2.24, 2.45) is 0 Å². The minimum Gasteiger partial charge on any atom is -0.444 e. The summed E-state index contributed by atoms with van der Waals surface area (Å²) >= 11 is 0. The highest BCUT2D eigenvalue weighted by molar-refractivity contribution is 5.95. The molecule has 1 amide bonds. The quantitative estimate of drug-likeness (QED) is 0.618. The highest BCUT2D eigenvalue weighted by atomic mass is 16.6. The zero-order valence-corrected chi connectivity index (χ0v) is 12.8. The zero-order chi connectivity index (χ0) is 15.9. The van der Waals surface area contributed by atoms with Crippen molar-refractivity contribution in [3.05, 3.63) is 35.9 Å². The number of rotatable bonds is 5. The summed E-state index contributed by atoms with van der Waals surface area (Å²) in [5.41, 5.74) is 0.388. The van der Waals surface area contributed by atoms with Crippen molar-refractivity contribution in [2.75, 3.05) is 6.54 Å². The van der Waals surface area contributed by atoms with E-state index < -0.39 is 11.7 Å². The van der Waals surface area contributed by atoms with Crippen LogP contribution in [-0.4, -0.2) is 28.9 Å². The van der Waals surface area contributed by atoms with Crippen LogP contribution in [0, 0.1) is 12.3 Å². The predicted molar refractivity (Wildman–Crippen MR) is 81.5 cm³/mol. The Bertz CT molecular complexity index is 523. The minimum atomic E-state index is -0.581. The van der Waals surface area contributed by atoms with Gasteiger partial charge in [-0.2, -0.15) is 0 Å². The smallest absolute Gasteiger partial charge is 0.410 e. The second-order valence-electron chi connectivity index (χ2n) is 5.71. The number of hydrogen-bond acceptors (Lipinski definition) is 3. The third-order valence-electron chi connectivity index (χ3n) is 2.64. The van der Waals surface area contributed by atoms with Gasteiger partial charge in [0.1, 0.15) is 5.60 Å². The molecule has 0 saturated carbocycles. The highest BCUT2D eigenvalue weighted by Crippen LogP contribution is 2.13. The average molecular weight is 287 g/mol. The molecule has 0 fully saturated rings. The fraction of sp³-hybridized carbons (Fsp3) is 0.412. The molecule has 0 aliphatic rings. The average Bonchev–Trinajstić information content (AvgIpc) is 2.42. The van der Waals surface area contributed by atoms with Gasteiger partial charge in [0.25, 0.3) is 0 Å². The fourth-order valence-electron chi connectivity index (χ4n) is 1.67. The molecule has 0 unspecified atom stereocenters. The van der Waals surface area contributed by atoms with Crippen molar-refractivity contribution in [3.63, 3.8) is 0 Å². The van der Waals surface area contributed by atoms with Gasteiger partial charge in [0, 0.05) is 19.5 Å². The largest absolute Gasteiger partial charge is 0.444 e. The van der Waals surface area contributed by atoms with Gasteiger partial charge in [-0.3, -0.25) is 4.79 Å². The zero-order valence-electron chi connectivity index (χ0n) is 12.8. The van der Waals surface area contributed by atoms with Crippen LogP contribution in [0.4, 0.5) is 4.79 Å². The highest BCUT2D eigenvalue weighted by Gasteiger charge is 2.22. The van der Waals surface area contributed by atoms with E-state index in [9.17, 15) is 9.59 Å². The van der Waals surface area contributed by atoms with Gasteiger partial charge in [-0.25, -0.2) is 4.79 Å². The van der Waals surface area contributed by atoms with Crippen LogP contribution in [0.3, 0.4) is 0 Å². The molecule has 0 aromatic heterocycles. The first-order chi connectivity index (χ1) is 9.81. The monoisotopic (exact) mass is 287 g/mol. The topological polar surface area (TPSA) is 46.6 Å². The number of terminal acetylenes is 1. The molecule has 0 heterocycles. The molecule has 0 aliphatic carbocycles. The standard InChI is InChI=1S/C17H21NO3/c1-5-15(19)11-12-18(16(20)21-17(2,3)4)13-14-9-7-6-8-10-14/h1,6-10H,11-13H2,2-4H3. The number of ketones is 1. The number of carbonyl (C=O) groups excluding carboxylic acids is 2. The van der Waals surface area contributed by atoms with Crippen LogP contribution in [0.2, 0.25) is 0 Å². The van der Waals surface area contributed by atoms with Crippen molar-refractivity contribution in [1.29, 1.82) is 0 Å². The van der Waals surface area contributed by atoms with Crippen molar-refractivity contribution in [2.45, 2.75) is 39.3 Å². The summed E-state index contributed by atoms with van der Waals surface area (Å²) in [6.07, 6.45) is 4.73. The Morgan fingerprint density at radius 1 is 1.24 bits per heavy atom. The molecule has 4 nitrogen and oxygen atoms in total. The van der Waals surface area contributed by atoms with Gasteiger partial charge in [0.2, 0.25) is 5.78 Å². The van der Waals surface area contributed by atoms with Gasteiger partial charge < -0.3 is 9.64 Å². The molecule has 0 atom stereocenters. The van der Waals surface area contributed by atoms with Crippen LogP contribution in [0.5, 0.6) is 0 Å². The second kappa shape index (κ2) is 7.49. The van der Waals surface area contributed by atoms with Gasteiger partial charge in [0.05, 0.1) is 0 Å². The molecule has 4 heteroatoms. The van der Waals surface area contributed by atoms with Gasteiger partial charge in [0.15, 0.2) is 0 Å². The first-order valence-electron chi connectivity index (χ1n) is 6.83. The summed E-state index contributed by atoms with van der Waals surface area (Å²) in [4.78, 5) is 25.0. The lowest BCUT2D eigenvalue weighted by atomic mass is 10.2. The van der Waals surface area contributed by atoms with Crippen molar-refractivity contribution in [3.8, 4) is 12.3 Å². The number of benzene rings is 1. The molecule has 0 radical (unpaired) electrons. The number of carbonyl (C=O) groups is 2. The molecule has 0 bridgehead atoms. The minimum absolute atomic E-state index is 0.128. The molecular formula is C17H21NO3. The van der Waals surface area contributed by atoms with E-state index in [1.54, 1.807) is 20.8 Å². The molecule has 1 aromatic carbocycles. The van der Waals surface area contributed by atoms with Crippen molar-refractivity contribution < 1.29 is 14.3 Å². The lowest BCUT2D eigenvalue weighted by Gasteiger charge is -2.27. The summed E-state index contributed by atoms with van der Waals surface area (Å²) < 4.78 is 5.36. The summed E-state index contributed by atoms with van der Waals surface area (Å²) in [6, 6.07) is 9.54. The molecule has 0 saturated heterocycles. The molecule has 0 aliphatic heterocycles. The fourth-order valence-corrected chi connectivity index (χ4v) is 1.67. The normalized spacial score (nSPS) is 10.6. The molecule has 112 valence electrons. The molecule has 1 rings (SSSR count). The van der Waals surface area contributed by atoms with E-state index in [0.29, 0.717) is 6.54 Å². The molecule has 21 heavy (non-hydrogen) atoms. The Kier molecular flexibility index (Phi) is 5.98. The van der Waals surface area contributed by atoms with Gasteiger partial charge >= 0.3 is 6.09 Å². The van der Waals surface area contributed by atoms with Crippen molar-refractivity contribution >= 4 is 11.9 Å². The van der Waals surface area contributed by atoms with E-state index in [1.165, 1.54) is 4.90 Å². The van der Waals surface area contributed by atoms with Gasteiger partial charge in [-0.1, -0.05) is 30.3 Å². The van der Waals surface area contributed by atoms with E-state index in [2.05, 4.69) is 5.92 Å². The van der Waals surface area contributed by atoms with Crippen LogP contribution in [0.15, 0.2) is 30.3 Å². The Labute approximate surface area is 126 Å². The van der Waals surface area contributed by atoms with Gasteiger partial charge in [-0.15, -0.1) is 6.42 Å². The molecular weight excluding hydrogens is 266 g/mol. The predicted octanol–water partition coefficient (Wildman–Crippen LogP) is 3.02. The molecule has 0 spiro atoms. The van der Waals surface area contributed by atoms with E-state index in [0.717, 1.165) is 5.56 Å². The molecule has 0 N–H and O–H groups in total. The van der Waals surface area contributed by atoms with E-state index in [4.69, 9.17) is 11.2 Å². The summed E-state index contributed by atoms with van der Waals surface area (Å²) in [5.74, 6) is 1.73. The summed E-state index contributed by atoms with van der Waals surface area (Å²) in [7, 11) is 0. The Morgan fingerprint density at radius 3 is 2.38 bits per heavy atom. The first-order valence-corrected chi connectivity index (χ1v) is 6.83. The third kappa shape index (κ3) is 6.62. The Morgan fingerprint density at radius 2 is 1.86 bits per heavy atom. The number of nitrogens with zero attached hydrogens (tertiary/aromatic N) is 1. The number of Topliss-reactive ketones (excluding diaryl/α,β-unsaturated/α-hetero) is 1. The lowest BCUT2D eigenvalue weighted by molar-refractivity contribution is -0.114. The number of amides is 1. The van der Waals surface area contributed by atoms with E-state index in [-0.39, 0.29) is 18.7 Å². The number of hydrogen-bond donors (Lipinski definition) is 0. The van der Waals surface area contributed by atoms with Gasteiger partial charge in [-0.05, 0) is 32.3 Å². The second-order valence-corrected chi connectivity index (χ2v) is 5.71. The van der Waals surface area contributed by atoms with Crippen LogP contribution in [0.1, 0.15) is 32.8 Å². The maximum Gasteiger partial charge on any atom is 0.410 e. The van der Waals surface area contributed by atoms with E-state index >= 15 is 0 Å². The van der Waals surface area contributed by atoms with Crippen LogP contribution in [-0.2, 0) is 16.1 Å². The van der Waals surface area contributed by atoms with E-state index in [1.807, 2.05) is 30.3 Å².